The highest BCUT2D eigenvalue weighted by Gasteiger charge is 2.27. The number of H-pyrrole nitrogens is 1. The summed E-state index contributed by atoms with van der Waals surface area (Å²) in [5.74, 6) is -0.178. The van der Waals surface area contributed by atoms with Crippen LogP contribution in [0.3, 0.4) is 0 Å². The predicted molar refractivity (Wildman–Crippen MR) is 76.3 cm³/mol. The fraction of sp³-hybridized carbons (Fsp3) is 0.500. The summed E-state index contributed by atoms with van der Waals surface area (Å²) < 4.78 is 0. The molecule has 2 aliphatic rings. The van der Waals surface area contributed by atoms with Gasteiger partial charge in [0, 0.05) is 11.4 Å². The van der Waals surface area contributed by atoms with Crippen molar-refractivity contribution in [2.75, 3.05) is 0 Å². The molecular formula is C14H19N5O2. The lowest BCUT2D eigenvalue weighted by Crippen LogP contribution is -2.50. The van der Waals surface area contributed by atoms with Gasteiger partial charge in [0.25, 0.3) is 5.91 Å². The second-order valence-electron chi connectivity index (χ2n) is 5.52. The van der Waals surface area contributed by atoms with Crippen LogP contribution in [-0.4, -0.2) is 28.2 Å². The van der Waals surface area contributed by atoms with Crippen molar-refractivity contribution in [2.45, 2.75) is 45.7 Å². The van der Waals surface area contributed by atoms with Crippen molar-refractivity contribution in [1.29, 1.82) is 0 Å². The van der Waals surface area contributed by atoms with Gasteiger partial charge >= 0.3 is 6.03 Å². The molecule has 1 aromatic heterocycles. The molecule has 2 heterocycles. The Balaban J connectivity index is 1.69. The third kappa shape index (κ3) is 2.51. The van der Waals surface area contributed by atoms with E-state index in [0.717, 1.165) is 25.0 Å². The minimum absolute atomic E-state index is 0.178. The number of aryl methyl sites for hydroxylation is 1. The summed E-state index contributed by atoms with van der Waals surface area (Å²) in [4.78, 5) is 23.6. The lowest BCUT2D eigenvalue weighted by molar-refractivity contribution is -0.118. The van der Waals surface area contributed by atoms with Crippen LogP contribution in [0.25, 0.3) is 0 Å². The number of nitrogens with one attached hydrogen (secondary N) is 4. The summed E-state index contributed by atoms with van der Waals surface area (Å²) in [6.07, 6.45) is 3.20. The molecule has 7 nitrogen and oxygen atoms in total. The Morgan fingerprint density at radius 1 is 1.43 bits per heavy atom. The van der Waals surface area contributed by atoms with Crippen LogP contribution in [0.1, 0.15) is 37.2 Å². The van der Waals surface area contributed by atoms with Gasteiger partial charge in [-0.1, -0.05) is 0 Å². The average Bonchev–Trinajstić information content (AvgIpc) is 2.98. The molecule has 0 saturated heterocycles. The Hall–Kier alpha value is -2.31. The number of hydrogen-bond acceptors (Lipinski definition) is 3. The Bertz CT molecular complexity index is 631. The number of aromatic nitrogens is 2. The van der Waals surface area contributed by atoms with Gasteiger partial charge < -0.3 is 16.0 Å². The number of carbonyl (C=O) groups excluding carboxylic acids is 2. The molecular weight excluding hydrogens is 270 g/mol. The fourth-order valence-electron chi connectivity index (χ4n) is 3.03. The van der Waals surface area contributed by atoms with Crippen molar-refractivity contribution >= 4 is 11.9 Å². The van der Waals surface area contributed by atoms with Gasteiger partial charge in [0.2, 0.25) is 0 Å². The molecule has 7 heteroatoms. The third-order valence-electron chi connectivity index (χ3n) is 4.04. The topological polar surface area (TPSA) is 98.9 Å². The molecule has 4 N–H and O–H groups in total. The Morgan fingerprint density at radius 3 is 3.00 bits per heavy atom. The van der Waals surface area contributed by atoms with Gasteiger partial charge in [0.1, 0.15) is 0 Å². The number of carbonyl (C=O) groups is 2. The molecule has 112 valence electrons. The first-order chi connectivity index (χ1) is 10.1. The van der Waals surface area contributed by atoms with Gasteiger partial charge in [-0.05, 0) is 38.7 Å². The number of amides is 3. The lowest BCUT2D eigenvalue weighted by Gasteiger charge is -2.25. The van der Waals surface area contributed by atoms with E-state index in [9.17, 15) is 9.59 Å². The van der Waals surface area contributed by atoms with E-state index in [1.54, 1.807) is 13.8 Å². The Kier molecular flexibility index (Phi) is 3.40. The zero-order valence-corrected chi connectivity index (χ0v) is 12.2. The summed E-state index contributed by atoms with van der Waals surface area (Å²) in [7, 11) is 0. The first kappa shape index (κ1) is 13.7. The maximum absolute atomic E-state index is 12.3. The quantitative estimate of drug-likeness (QED) is 0.651. The molecule has 1 aliphatic heterocycles. The predicted octanol–water partition coefficient (Wildman–Crippen LogP) is 0.490. The van der Waals surface area contributed by atoms with Crippen molar-refractivity contribution in [3.63, 3.8) is 0 Å². The maximum atomic E-state index is 12.3. The van der Waals surface area contributed by atoms with Crippen LogP contribution in [0.2, 0.25) is 0 Å². The molecule has 0 saturated carbocycles. The molecule has 1 aliphatic carbocycles. The number of allylic oxidation sites excluding steroid dienone is 1. The molecule has 0 bridgehead atoms. The molecule has 1 aromatic rings. The van der Waals surface area contributed by atoms with Crippen LogP contribution < -0.4 is 16.0 Å². The van der Waals surface area contributed by atoms with Crippen molar-refractivity contribution in [3.05, 3.63) is 28.2 Å². The standard InChI is InChI=1S/C14H19N5O2/c1-7-12(8(2)17-14(21)16-7)13(20)15-6-11-9-4-3-5-10(9)18-19-11/h7H,3-6H2,1-2H3,(H,15,20)(H,18,19)(H2,16,17,21)/t7-/m0/s1. The highest BCUT2D eigenvalue weighted by molar-refractivity contribution is 5.98. The molecule has 21 heavy (non-hydrogen) atoms. The van der Waals surface area contributed by atoms with Crippen LogP contribution in [0, 0.1) is 0 Å². The van der Waals surface area contributed by atoms with Crippen molar-refractivity contribution in [1.82, 2.24) is 26.1 Å². The number of fused-ring (bicyclic) bond motifs is 1. The van der Waals surface area contributed by atoms with Crippen molar-refractivity contribution < 1.29 is 9.59 Å². The molecule has 0 fully saturated rings. The zero-order chi connectivity index (χ0) is 15.0. The monoisotopic (exact) mass is 289 g/mol. The molecule has 3 amide bonds. The van der Waals surface area contributed by atoms with Crippen LogP contribution in [-0.2, 0) is 24.2 Å². The minimum atomic E-state index is -0.302. The van der Waals surface area contributed by atoms with Crippen LogP contribution in [0.15, 0.2) is 11.3 Å². The number of urea groups is 1. The number of hydrogen-bond donors (Lipinski definition) is 4. The molecule has 0 unspecified atom stereocenters. The molecule has 0 aromatic carbocycles. The zero-order valence-electron chi connectivity index (χ0n) is 12.2. The molecule has 3 rings (SSSR count). The van der Waals surface area contributed by atoms with Crippen molar-refractivity contribution in [2.24, 2.45) is 0 Å². The number of nitrogens with zero attached hydrogens (tertiary/aromatic N) is 1. The van der Waals surface area contributed by atoms with E-state index in [1.807, 2.05) is 0 Å². The van der Waals surface area contributed by atoms with E-state index in [4.69, 9.17) is 0 Å². The summed E-state index contributed by atoms with van der Waals surface area (Å²) in [5, 5.41) is 15.5. The van der Waals surface area contributed by atoms with Gasteiger partial charge in [-0.25, -0.2) is 4.79 Å². The summed E-state index contributed by atoms with van der Waals surface area (Å²) in [6, 6.07) is -0.578. The van der Waals surface area contributed by atoms with Gasteiger partial charge in [-0.2, -0.15) is 5.10 Å². The van der Waals surface area contributed by atoms with Crippen molar-refractivity contribution in [3.8, 4) is 0 Å². The minimum Gasteiger partial charge on any atom is -0.346 e. The normalized spacial score (nSPS) is 20.9. The molecule has 0 radical (unpaired) electrons. The SMILES string of the molecule is CC1=C(C(=O)NCc2n[nH]c3c2CCC3)[C@H](C)NC(=O)N1. The maximum Gasteiger partial charge on any atom is 0.319 e. The summed E-state index contributed by atoms with van der Waals surface area (Å²) in [5.41, 5.74) is 4.49. The first-order valence-corrected chi connectivity index (χ1v) is 7.17. The number of rotatable bonds is 3. The Labute approximate surface area is 122 Å². The second kappa shape index (κ2) is 5.23. The third-order valence-corrected chi connectivity index (χ3v) is 4.04. The lowest BCUT2D eigenvalue weighted by atomic mass is 10.0. The summed E-state index contributed by atoms with van der Waals surface area (Å²) in [6.45, 7) is 3.93. The second-order valence-corrected chi connectivity index (χ2v) is 5.52. The molecule has 1 atom stereocenters. The van der Waals surface area contributed by atoms with Crippen LogP contribution >= 0.6 is 0 Å². The van der Waals surface area contributed by atoms with Crippen LogP contribution in [0.5, 0.6) is 0 Å². The van der Waals surface area contributed by atoms with E-state index in [0.29, 0.717) is 17.8 Å². The average molecular weight is 289 g/mol. The first-order valence-electron chi connectivity index (χ1n) is 7.17. The fourth-order valence-corrected chi connectivity index (χ4v) is 3.03. The van der Waals surface area contributed by atoms with Crippen LogP contribution in [0.4, 0.5) is 4.79 Å². The summed E-state index contributed by atoms with van der Waals surface area (Å²) >= 11 is 0. The van der Waals surface area contributed by atoms with Gasteiger partial charge in [-0.3, -0.25) is 9.89 Å². The highest BCUT2D eigenvalue weighted by atomic mass is 16.2. The Morgan fingerprint density at radius 2 is 2.24 bits per heavy atom. The number of aromatic amines is 1. The highest BCUT2D eigenvalue weighted by Crippen LogP contribution is 2.22. The molecule has 0 spiro atoms. The van der Waals surface area contributed by atoms with Gasteiger partial charge in [0.05, 0.1) is 23.9 Å². The van der Waals surface area contributed by atoms with E-state index >= 15 is 0 Å². The largest absolute Gasteiger partial charge is 0.346 e. The van der Waals surface area contributed by atoms with E-state index in [1.165, 1.54) is 11.3 Å². The van der Waals surface area contributed by atoms with E-state index in [2.05, 4.69) is 26.1 Å². The van der Waals surface area contributed by atoms with Gasteiger partial charge in [-0.15, -0.1) is 0 Å². The smallest absolute Gasteiger partial charge is 0.319 e. The van der Waals surface area contributed by atoms with E-state index in [-0.39, 0.29) is 18.0 Å². The van der Waals surface area contributed by atoms with Gasteiger partial charge in [0.15, 0.2) is 0 Å². The van der Waals surface area contributed by atoms with E-state index < -0.39 is 0 Å².